The SMILES string of the molecule is CC[Si](C)(C)OC1=C(C)C=CC1C. The molecule has 0 radical (unpaired) electrons. The lowest BCUT2D eigenvalue weighted by molar-refractivity contribution is 0.373. The Morgan fingerprint density at radius 2 is 2.08 bits per heavy atom. The van der Waals surface area contributed by atoms with Gasteiger partial charge in [0.15, 0.2) is 0 Å². The zero-order chi connectivity index (χ0) is 10.1. The average molecular weight is 196 g/mol. The first-order valence-electron chi connectivity index (χ1n) is 5.04. The van der Waals surface area contributed by atoms with Gasteiger partial charge in [-0.3, -0.25) is 0 Å². The maximum Gasteiger partial charge on any atom is 0.244 e. The van der Waals surface area contributed by atoms with Crippen LogP contribution in [-0.2, 0) is 4.43 Å². The van der Waals surface area contributed by atoms with Crippen molar-refractivity contribution in [1.82, 2.24) is 0 Å². The third kappa shape index (κ3) is 2.47. The molecule has 0 aromatic rings. The van der Waals surface area contributed by atoms with Crippen molar-refractivity contribution < 1.29 is 4.43 Å². The Kier molecular flexibility index (Phi) is 3.01. The number of hydrogen-bond acceptors (Lipinski definition) is 1. The fourth-order valence-corrected chi connectivity index (χ4v) is 2.45. The van der Waals surface area contributed by atoms with Crippen LogP contribution in [0, 0.1) is 5.92 Å². The highest BCUT2D eigenvalue weighted by Crippen LogP contribution is 2.29. The van der Waals surface area contributed by atoms with Gasteiger partial charge in [-0.1, -0.05) is 26.0 Å². The Labute approximate surface area is 82.6 Å². The van der Waals surface area contributed by atoms with Crippen LogP contribution in [0.5, 0.6) is 0 Å². The molecule has 0 aromatic carbocycles. The second-order valence-corrected chi connectivity index (χ2v) is 8.84. The third-order valence-electron chi connectivity index (χ3n) is 2.67. The third-order valence-corrected chi connectivity index (χ3v) is 5.15. The lowest BCUT2D eigenvalue weighted by atomic mass is 10.2. The van der Waals surface area contributed by atoms with Crippen LogP contribution < -0.4 is 0 Å². The molecule has 0 heterocycles. The van der Waals surface area contributed by atoms with E-state index in [1.54, 1.807) is 0 Å². The Balaban J connectivity index is 2.70. The van der Waals surface area contributed by atoms with Crippen molar-refractivity contribution in [2.24, 2.45) is 5.92 Å². The van der Waals surface area contributed by atoms with Gasteiger partial charge in [0, 0.05) is 5.92 Å². The minimum absolute atomic E-state index is 0.485. The smallest absolute Gasteiger partial charge is 0.244 e. The van der Waals surface area contributed by atoms with Gasteiger partial charge in [0.1, 0.15) is 0 Å². The molecule has 1 unspecified atom stereocenters. The van der Waals surface area contributed by atoms with E-state index < -0.39 is 8.32 Å². The summed E-state index contributed by atoms with van der Waals surface area (Å²) in [4.78, 5) is 0. The molecule has 0 aromatic heterocycles. The van der Waals surface area contributed by atoms with Gasteiger partial charge < -0.3 is 4.43 Å². The monoisotopic (exact) mass is 196 g/mol. The highest BCUT2D eigenvalue weighted by atomic mass is 28.4. The minimum atomic E-state index is -1.42. The zero-order valence-electron chi connectivity index (χ0n) is 9.35. The number of allylic oxidation sites excluding steroid dienone is 3. The molecule has 0 aliphatic heterocycles. The molecule has 0 bridgehead atoms. The molecule has 13 heavy (non-hydrogen) atoms. The predicted molar refractivity (Wildman–Crippen MR) is 60.1 cm³/mol. The molecular formula is C11H20OSi. The maximum absolute atomic E-state index is 6.13. The van der Waals surface area contributed by atoms with Crippen molar-refractivity contribution in [2.75, 3.05) is 0 Å². The Hall–Kier alpha value is -0.503. The van der Waals surface area contributed by atoms with Crippen LogP contribution in [0.2, 0.25) is 19.1 Å². The van der Waals surface area contributed by atoms with E-state index in [1.807, 2.05) is 0 Å². The van der Waals surface area contributed by atoms with E-state index >= 15 is 0 Å². The van der Waals surface area contributed by atoms with Gasteiger partial charge in [0.25, 0.3) is 0 Å². The summed E-state index contributed by atoms with van der Waals surface area (Å²) in [5.41, 5.74) is 1.31. The molecule has 0 fully saturated rings. The predicted octanol–water partition coefficient (Wildman–Crippen LogP) is 3.71. The van der Waals surface area contributed by atoms with Crippen molar-refractivity contribution >= 4 is 8.32 Å². The Bertz CT molecular complexity index is 251. The summed E-state index contributed by atoms with van der Waals surface area (Å²) < 4.78 is 6.13. The molecule has 1 aliphatic carbocycles. The molecule has 1 nitrogen and oxygen atoms in total. The minimum Gasteiger partial charge on any atom is -0.546 e. The standard InChI is InChI=1S/C11H20OSi/c1-6-13(4,5)12-11-9(2)7-8-10(11)3/h7-9H,6H2,1-5H3. The summed E-state index contributed by atoms with van der Waals surface area (Å²) in [6.45, 7) is 11.1. The molecule has 0 saturated carbocycles. The normalized spacial score (nSPS) is 22.7. The van der Waals surface area contributed by atoms with Gasteiger partial charge in [-0.05, 0) is 31.6 Å². The van der Waals surface area contributed by atoms with Gasteiger partial charge in [-0.25, -0.2) is 0 Å². The zero-order valence-corrected chi connectivity index (χ0v) is 10.3. The average Bonchev–Trinajstić information content (AvgIpc) is 2.36. The van der Waals surface area contributed by atoms with E-state index in [4.69, 9.17) is 4.43 Å². The molecule has 0 spiro atoms. The molecule has 2 heteroatoms. The summed E-state index contributed by atoms with van der Waals surface area (Å²) >= 11 is 0. The van der Waals surface area contributed by atoms with Crippen molar-refractivity contribution in [1.29, 1.82) is 0 Å². The molecule has 0 saturated heterocycles. The van der Waals surface area contributed by atoms with Crippen molar-refractivity contribution in [3.05, 3.63) is 23.5 Å². The summed E-state index contributed by atoms with van der Waals surface area (Å²) in [5.74, 6) is 1.69. The topological polar surface area (TPSA) is 9.23 Å². The van der Waals surface area contributed by atoms with E-state index in [0.29, 0.717) is 5.92 Å². The van der Waals surface area contributed by atoms with Gasteiger partial charge in [-0.15, -0.1) is 0 Å². The highest BCUT2D eigenvalue weighted by Gasteiger charge is 2.26. The number of rotatable bonds is 3. The van der Waals surface area contributed by atoms with Crippen molar-refractivity contribution in [2.45, 2.75) is 39.9 Å². The van der Waals surface area contributed by atoms with Crippen LogP contribution in [0.3, 0.4) is 0 Å². The van der Waals surface area contributed by atoms with E-state index in [1.165, 1.54) is 17.4 Å². The van der Waals surface area contributed by atoms with Crippen LogP contribution in [0.15, 0.2) is 23.5 Å². The van der Waals surface area contributed by atoms with Gasteiger partial charge in [0.05, 0.1) is 5.76 Å². The van der Waals surface area contributed by atoms with Crippen LogP contribution in [0.4, 0.5) is 0 Å². The quantitative estimate of drug-likeness (QED) is 0.625. The van der Waals surface area contributed by atoms with Crippen molar-refractivity contribution in [3.63, 3.8) is 0 Å². The molecule has 0 N–H and O–H groups in total. The first kappa shape index (κ1) is 10.6. The Morgan fingerprint density at radius 3 is 2.46 bits per heavy atom. The van der Waals surface area contributed by atoms with E-state index in [9.17, 15) is 0 Å². The fourth-order valence-electron chi connectivity index (χ4n) is 1.36. The fraction of sp³-hybridized carbons (Fsp3) is 0.636. The maximum atomic E-state index is 6.13. The second kappa shape index (κ2) is 3.70. The second-order valence-electron chi connectivity index (χ2n) is 4.41. The number of hydrogen-bond donors (Lipinski definition) is 0. The molecular weight excluding hydrogens is 176 g/mol. The molecule has 1 atom stereocenters. The summed E-state index contributed by atoms with van der Waals surface area (Å²) in [5, 5.41) is 0. The summed E-state index contributed by atoms with van der Waals surface area (Å²) in [6.07, 6.45) is 4.38. The summed E-state index contributed by atoms with van der Waals surface area (Å²) in [6, 6.07) is 1.18. The molecule has 74 valence electrons. The van der Waals surface area contributed by atoms with E-state index in [2.05, 4.69) is 46.0 Å². The van der Waals surface area contributed by atoms with Crippen LogP contribution >= 0.6 is 0 Å². The molecule has 1 aliphatic rings. The van der Waals surface area contributed by atoms with Crippen molar-refractivity contribution in [3.8, 4) is 0 Å². The lowest BCUT2D eigenvalue weighted by Crippen LogP contribution is -2.29. The van der Waals surface area contributed by atoms with Crippen LogP contribution in [0.1, 0.15) is 20.8 Å². The van der Waals surface area contributed by atoms with Gasteiger partial charge >= 0.3 is 0 Å². The largest absolute Gasteiger partial charge is 0.546 e. The van der Waals surface area contributed by atoms with Crippen LogP contribution in [0.25, 0.3) is 0 Å². The molecule has 0 amide bonds. The Morgan fingerprint density at radius 1 is 1.46 bits per heavy atom. The molecule has 1 rings (SSSR count). The highest BCUT2D eigenvalue weighted by molar-refractivity contribution is 6.71. The van der Waals surface area contributed by atoms with Crippen LogP contribution in [-0.4, -0.2) is 8.32 Å². The van der Waals surface area contributed by atoms with Gasteiger partial charge in [0.2, 0.25) is 8.32 Å². The first-order chi connectivity index (χ1) is 5.96. The van der Waals surface area contributed by atoms with E-state index in [0.717, 1.165) is 0 Å². The van der Waals surface area contributed by atoms with E-state index in [-0.39, 0.29) is 0 Å². The summed E-state index contributed by atoms with van der Waals surface area (Å²) in [7, 11) is -1.42. The lowest BCUT2D eigenvalue weighted by Gasteiger charge is -2.26. The van der Waals surface area contributed by atoms with Gasteiger partial charge in [-0.2, -0.15) is 0 Å². The first-order valence-corrected chi connectivity index (χ1v) is 8.16.